The van der Waals surface area contributed by atoms with Crippen molar-refractivity contribution < 1.29 is 28.5 Å². The van der Waals surface area contributed by atoms with Gasteiger partial charge in [0, 0.05) is 62.2 Å². The van der Waals surface area contributed by atoms with E-state index in [-0.39, 0.29) is 47.9 Å². The molecule has 0 spiro atoms. The number of Topliss-reactive ketones (excluding diaryl/α,β-unsaturated/α-hetero) is 2. The standard InChI is InChI=1S/C38H46BN8O6/c1-27(21-42-23-31(35(48)29-9-5-3-6-10-29)46-37(50)33-25-40-15-17-44-33)13-19-52-39-53-20-14-28(2)22-43-24-32(36(49)30-11-7-4-8-12-30)47-38(51)34-26-41-16-18-45-34/h3-12,15-18,25-28,31-32,42-43H,13-14,19-24H2,1-2H3,(H,46,50)(H,47,51)/t27?,28?,31-,32-/m0/s1. The van der Waals surface area contributed by atoms with Crippen LogP contribution in [0.25, 0.3) is 0 Å². The van der Waals surface area contributed by atoms with Crippen LogP contribution in [0.1, 0.15) is 68.4 Å². The molecule has 1 radical (unpaired) electrons. The van der Waals surface area contributed by atoms with Gasteiger partial charge < -0.3 is 30.6 Å². The molecule has 15 heteroatoms. The molecule has 0 saturated heterocycles. The predicted octanol–water partition coefficient (Wildman–Crippen LogP) is 2.73. The minimum atomic E-state index is -0.788. The van der Waals surface area contributed by atoms with E-state index in [0.29, 0.717) is 37.4 Å². The summed E-state index contributed by atoms with van der Waals surface area (Å²) in [5.74, 6) is -0.897. The summed E-state index contributed by atoms with van der Waals surface area (Å²) in [5.41, 5.74) is 1.28. The van der Waals surface area contributed by atoms with Crippen LogP contribution < -0.4 is 21.3 Å². The van der Waals surface area contributed by atoms with Crippen molar-refractivity contribution in [3.8, 4) is 0 Å². The second-order valence-electron chi connectivity index (χ2n) is 12.6. The summed E-state index contributed by atoms with van der Waals surface area (Å²) in [6.45, 7) is 6.74. The van der Waals surface area contributed by atoms with Crippen LogP contribution >= 0.6 is 0 Å². The Kier molecular flexibility index (Phi) is 17.3. The fourth-order valence-electron chi connectivity index (χ4n) is 5.16. The highest BCUT2D eigenvalue weighted by molar-refractivity contribution is 6.17. The van der Waals surface area contributed by atoms with Gasteiger partial charge in [0.1, 0.15) is 23.5 Å². The van der Waals surface area contributed by atoms with Crippen LogP contribution in [0.15, 0.2) is 97.8 Å². The third-order valence-electron chi connectivity index (χ3n) is 8.23. The van der Waals surface area contributed by atoms with Gasteiger partial charge in [0.25, 0.3) is 11.8 Å². The van der Waals surface area contributed by atoms with Gasteiger partial charge in [0.15, 0.2) is 11.6 Å². The summed E-state index contributed by atoms with van der Waals surface area (Å²) < 4.78 is 11.1. The van der Waals surface area contributed by atoms with Crippen LogP contribution in [-0.2, 0) is 9.31 Å². The number of amides is 2. The highest BCUT2D eigenvalue weighted by Gasteiger charge is 2.25. The minimum absolute atomic E-state index is 0.136. The summed E-state index contributed by atoms with van der Waals surface area (Å²) in [6.07, 6.45) is 10.0. The van der Waals surface area contributed by atoms with Gasteiger partial charge in [-0.2, -0.15) is 0 Å². The van der Waals surface area contributed by atoms with Gasteiger partial charge >= 0.3 is 7.69 Å². The molecule has 0 aliphatic heterocycles. The molecule has 0 fully saturated rings. The van der Waals surface area contributed by atoms with Crippen LogP contribution in [0.3, 0.4) is 0 Å². The predicted molar refractivity (Wildman–Crippen MR) is 199 cm³/mol. The maximum atomic E-state index is 13.2. The summed E-state index contributed by atoms with van der Waals surface area (Å²) in [4.78, 5) is 67.8. The molecule has 2 amide bonds. The lowest BCUT2D eigenvalue weighted by atomic mass is 10.0. The normalized spacial score (nSPS) is 13.2. The van der Waals surface area contributed by atoms with E-state index in [9.17, 15) is 19.2 Å². The zero-order chi connectivity index (χ0) is 37.7. The summed E-state index contributed by atoms with van der Waals surface area (Å²) in [5, 5.41) is 12.2. The van der Waals surface area contributed by atoms with Crippen LogP contribution in [0.5, 0.6) is 0 Å². The number of benzene rings is 2. The number of hydrogen-bond donors (Lipinski definition) is 4. The summed E-state index contributed by atoms with van der Waals surface area (Å²) >= 11 is 0. The van der Waals surface area contributed by atoms with Crippen LogP contribution in [0.4, 0.5) is 0 Å². The number of hydrogen-bond acceptors (Lipinski definition) is 12. The molecular formula is C38H46BN8O6. The molecule has 4 atom stereocenters. The molecule has 14 nitrogen and oxygen atoms in total. The van der Waals surface area contributed by atoms with Crippen LogP contribution in [0.2, 0.25) is 0 Å². The molecule has 2 aromatic heterocycles. The van der Waals surface area contributed by atoms with Gasteiger partial charge in [-0.15, -0.1) is 0 Å². The van der Waals surface area contributed by atoms with E-state index in [2.05, 4.69) is 55.1 Å². The maximum Gasteiger partial charge on any atom is 0.487 e. The Morgan fingerprint density at radius 2 is 1.02 bits per heavy atom. The van der Waals surface area contributed by atoms with Crippen molar-refractivity contribution in [1.82, 2.24) is 41.2 Å². The monoisotopic (exact) mass is 721 g/mol. The van der Waals surface area contributed by atoms with E-state index in [1.54, 1.807) is 48.5 Å². The van der Waals surface area contributed by atoms with Gasteiger partial charge in [-0.25, -0.2) is 9.97 Å². The fraction of sp³-hybridized carbons (Fsp3) is 0.368. The molecule has 0 bridgehead atoms. The lowest BCUT2D eigenvalue weighted by Gasteiger charge is -2.20. The number of aromatic nitrogens is 4. The van der Waals surface area contributed by atoms with Gasteiger partial charge in [-0.1, -0.05) is 74.5 Å². The van der Waals surface area contributed by atoms with Gasteiger partial charge in [-0.3, -0.25) is 29.1 Å². The second kappa shape index (κ2) is 22.7. The Morgan fingerprint density at radius 1 is 0.604 bits per heavy atom. The van der Waals surface area contributed by atoms with Gasteiger partial charge in [0.2, 0.25) is 0 Å². The molecule has 4 aromatic rings. The van der Waals surface area contributed by atoms with E-state index in [0.717, 1.165) is 12.8 Å². The van der Waals surface area contributed by atoms with E-state index < -0.39 is 23.9 Å². The first kappa shape index (κ1) is 40.6. The van der Waals surface area contributed by atoms with E-state index in [1.807, 2.05) is 12.1 Å². The van der Waals surface area contributed by atoms with E-state index in [4.69, 9.17) is 9.31 Å². The zero-order valence-corrected chi connectivity index (χ0v) is 30.0. The Morgan fingerprint density at radius 3 is 1.40 bits per heavy atom. The summed E-state index contributed by atoms with van der Waals surface area (Å²) in [6, 6.07) is 16.1. The minimum Gasteiger partial charge on any atom is -0.413 e. The van der Waals surface area contributed by atoms with Crippen molar-refractivity contribution in [1.29, 1.82) is 0 Å². The number of carbonyl (C=O) groups is 4. The summed E-state index contributed by atoms with van der Waals surface area (Å²) in [7, 11) is 1.35. The molecule has 0 aliphatic carbocycles. The van der Waals surface area contributed by atoms with Crippen LogP contribution in [0, 0.1) is 11.8 Å². The largest absolute Gasteiger partial charge is 0.487 e. The lowest BCUT2D eigenvalue weighted by molar-refractivity contribution is 0.0853. The maximum absolute atomic E-state index is 13.2. The highest BCUT2D eigenvalue weighted by Crippen LogP contribution is 2.08. The second-order valence-corrected chi connectivity index (χ2v) is 12.6. The zero-order valence-electron chi connectivity index (χ0n) is 30.0. The molecular weight excluding hydrogens is 675 g/mol. The van der Waals surface area contributed by atoms with Crippen LogP contribution in [-0.4, -0.2) is 102 Å². The number of rotatable bonds is 24. The quantitative estimate of drug-likeness (QED) is 0.0472. The number of carbonyl (C=O) groups excluding carboxylic acids is 4. The number of ketones is 2. The molecule has 4 N–H and O–H groups in total. The molecule has 0 saturated carbocycles. The average Bonchev–Trinajstić information content (AvgIpc) is 3.20. The molecule has 2 unspecified atom stereocenters. The first-order valence-electron chi connectivity index (χ1n) is 17.6. The molecule has 2 heterocycles. The Balaban J connectivity index is 1.10. The first-order valence-corrected chi connectivity index (χ1v) is 17.6. The number of nitrogens with zero attached hydrogens (tertiary/aromatic N) is 4. The topological polar surface area (TPSA) is 186 Å². The lowest BCUT2D eigenvalue weighted by Crippen LogP contribution is -2.48. The molecule has 53 heavy (non-hydrogen) atoms. The third kappa shape index (κ3) is 14.4. The smallest absolute Gasteiger partial charge is 0.413 e. The van der Waals surface area contributed by atoms with Gasteiger partial charge in [0.05, 0.1) is 12.4 Å². The van der Waals surface area contributed by atoms with Crippen molar-refractivity contribution in [3.05, 3.63) is 120 Å². The number of nitrogens with one attached hydrogen (secondary N) is 4. The molecule has 0 aliphatic rings. The SMILES string of the molecule is CC(CCO[B]OCCC(C)CNC[C@H](NC(=O)c1cnccn1)C(=O)c1ccccc1)CNC[C@H](NC(=O)c1cnccn1)C(=O)c1ccccc1. The first-order chi connectivity index (χ1) is 25.8. The van der Waals surface area contributed by atoms with Crippen molar-refractivity contribution in [3.63, 3.8) is 0 Å². The fourth-order valence-corrected chi connectivity index (χ4v) is 5.16. The Hall–Kier alpha value is -5.22. The van der Waals surface area contributed by atoms with Crippen molar-refractivity contribution in [2.75, 3.05) is 39.4 Å². The van der Waals surface area contributed by atoms with E-state index >= 15 is 0 Å². The van der Waals surface area contributed by atoms with Crippen molar-refractivity contribution in [2.24, 2.45) is 11.8 Å². The van der Waals surface area contributed by atoms with Crippen molar-refractivity contribution >= 4 is 31.1 Å². The van der Waals surface area contributed by atoms with Gasteiger partial charge in [-0.05, 0) is 37.8 Å². The molecule has 4 rings (SSSR count). The van der Waals surface area contributed by atoms with Crippen molar-refractivity contribution in [2.45, 2.75) is 38.8 Å². The Bertz CT molecular complexity index is 1570. The van der Waals surface area contributed by atoms with E-state index in [1.165, 1.54) is 44.9 Å². The molecule has 2 aromatic carbocycles. The Labute approximate surface area is 310 Å². The highest BCUT2D eigenvalue weighted by atomic mass is 16.6. The third-order valence-corrected chi connectivity index (χ3v) is 8.23. The molecule has 277 valence electrons. The average molecular weight is 722 g/mol.